The molecule has 0 spiro atoms. The van der Waals surface area contributed by atoms with Gasteiger partial charge >= 0.3 is 11.3 Å². The van der Waals surface area contributed by atoms with Gasteiger partial charge in [-0.25, -0.2) is 9.59 Å². The molecule has 0 aliphatic heterocycles. The van der Waals surface area contributed by atoms with E-state index in [4.69, 9.17) is 8.83 Å². The molecular weight excluding hydrogens is 418 g/mol. The van der Waals surface area contributed by atoms with Gasteiger partial charge in [-0.15, -0.1) is 0 Å². The predicted molar refractivity (Wildman–Crippen MR) is 124 cm³/mol. The second-order valence-corrected chi connectivity index (χ2v) is 8.18. The lowest BCUT2D eigenvalue weighted by atomic mass is 9.99. The molecule has 33 heavy (non-hydrogen) atoms. The Labute approximate surface area is 188 Å². The molecule has 1 atom stereocenters. The molecule has 0 bridgehead atoms. The third-order valence-electron chi connectivity index (χ3n) is 5.73. The van der Waals surface area contributed by atoms with Gasteiger partial charge in [-0.05, 0) is 12.1 Å². The van der Waals surface area contributed by atoms with E-state index in [9.17, 15) is 14.7 Å². The number of hydrogen-bond acceptors (Lipinski definition) is 5. The lowest BCUT2D eigenvalue weighted by molar-refractivity contribution is -0.907. The van der Waals surface area contributed by atoms with Gasteiger partial charge in [0.25, 0.3) is 0 Å². The average molecular weight is 439 g/mol. The van der Waals surface area contributed by atoms with Gasteiger partial charge < -0.3 is 18.8 Å². The fraction of sp³-hybridized carbons (Fsp3) is 0.111. The highest BCUT2D eigenvalue weighted by Gasteiger charge is 2.18. The monoisotopic (exact) mass is 439 g/mol. The number of nitrogens with one attached hydrogen (secondary N) is 1. The van der Waals surface area contributed by atoms with Crippen LogP contribution >= 0.6 is 0 Å². The lowest BCUT2D eigenvalue weighted by Crippen LogP contribution is -3.06. The van der Waals surface area contributed by atoms with Crippen LogP contribution in [0.5, 0.6) is 5.75 Å². The van der Waals surface area contributed by atoms with Crippen molar-refractivity contribution in [2.45, 2.75) is 13.1 Å². The maximum Gasteiger partial charge on any atom is 0.344 e. The summed E-state index contributed by atoms with van der Waals surface area (Å²) in [5.41, 5.74) is 1.68. The molecule has 1 unspecified atom stereocenters. The van der Waals surface area contributed by atoms with Crippen LogP contribution in [0.1, 0.15) is 11.1 Å². The van der Waals surface area contributed by atoms with Gasteiger partial charge in [0.1, 0.15) is 24.3 Å². The largest absolute Gasteiger partial charge is 0.872 e. The number of benzene rings is 3. The lowest BCUT2D eigenvalue weighted by Gasteiger charge is -2.20. The van der Waals surface area contributed by atoms with Gasteiger partial charge in [0, 0.05) is 33.5 Å². The minimum atomic E-state index is -0.627. The molecule has 164 valence electrons. The summed E-state index contributed by atoms with van der Waals surface area (Å²) >= 11 is 0. The Morgan fingerprint density at radius 1 is 0.818 bits per heavy atom. The summed E-state index contributed by atoms with van der Waals surface area (Å²) in [6.45, 7) is 1.07. The molecule has 3 aromatic carbocycles. The molecule has 0 amide bonds. The zero-order valence-corrected chi connectivity index (χ0v) is 18.0. The van der Waals surface area contributed by atoms with Gasteiger partial charge in [-0.3, -0.25) is 0 Å². The molecule has 1 N–H and O–H groups in total. The van der Waals surface area contributed by atoms with Crippen LogP contribution in [-0.2, 0) is 13.1 Å². The zero-order chi connectivity index (χ0) is 22.9. The van der Waals surface area contributed by atoms with E-state index in [1.807, 2.05) is 49.5 Å². The normalized spacial score (nSPS) is 12.3. The molecule has 2 heterocycles. The summed E-state index contributed by atoms with van der Waals surface area (Å²) in [7, 11) is 1.98. The average Bonchev–Trinajstić information content (AvgIpc) is 2.81. The fourth-order valence-electron chi connectivity index (χ4n) is 4.21. The van der Waals surface area contributed by atoms with Gasteiger partial charge in [0.15, 0.2) is 0 Å². The van der Waals surface area contributed by atoms with E-state index in [1.54, 1.807) is 24.3 Å². The van der Waals surface area contributed by atoms with Crippen LogP contribution in [0, 0.1) is 0 Å². The van der Waals surface area contributed by atoms with E-state index < -0.39 is 11.3 Å². The number of hydrogen-bond donors (Lipinski definition) is 1. The second-order valence-electron chi connectivity index (χ2n) is 8.18. The Bertz CT molecular complexity index is 1580. The number of rotatable bonds is 5. The Morgan fingerprint density at radius 3 is 2.39 bits per heavy atom. The van der Waals surface area contributed by atoms with Crippen LogP contribution in [0.3, 0.4) is 0 Å². The predicted octanol–water partition coefficient (Wildman–Crippen LogP) is 2.85. The minimum absolute atomic E-state index is 0.208. The smallest absolute Gasteiger partial charge is 0.344 e. The zero-order valence-electron chi connectivity index (χ0n) is 18.0. The first-order chi connectivity index (χ1) is 16.0. The highest BCUT2D eigenvalue weighted by molar-refractivity contribution is 5.96. The van der Waals surface area contributed by atoms with Crippen LogP contribution in [0.25, 0.3) is 33.1 Å². The quantitative estimate of drug-likeness (QED) is 0.426. The summed E-state index contributed by atoms with van der Waals surface area (Å²) in [5.74, 6) is -0.208. The van der Waals surface area contributed by atoms with Crippen LogP contribution in [0.2, 0.25) is 0 Å². The minimum Gasteiger partial charge on any atom is -0.872 e. The van der Waals surface area contributed by atoms with Gasteiger partial charge in [0.2, 0.25) is 0 Å². The molecule has 0 saturated heterocycles. The molecule has 5 aromatic rings. The van der Waals surface area contributed by atoms with Gasteiger partial charge in [0.05, 0.1) is 12.6 Å². The van der Waals surface area contributed by atoms with Crippen molar-refractivity contribution >= 4 is 21.9 Å². The molecule has 5 rings (SSSR count). The van der Waals surface area contributed by atoms with Crippen molar-refractivity contribution < 1.29 is 18.8 Å². The Hall–Kier alpha value is -4.16. The van der Waals surface area contributed by atoms with Gasteiger partial charge in [-0.1, -0.05) is 66.4 Å². The Kier molecular flexibility index (Phi) is 5.28. The molecule has 2 aromatic heterocycles. The molecule has 0 aliphatic carbocycles. The van der Waals surface area contributed by atoms with Crippen LogP contribution < -0.4 is 21.3 Å². The molecule has 0 saturated carbocycles. The standard InChI is InChI=1S/C27H21NO5/c1-28(15-17-7-3-2-4-8-17)16-22-23(29)12-11-19-20(14-25(30)33-26(19)22)21-13-18-9-5-6-10-24(18)32-27(21)31/h2-14,29H,15-16H2,1H3. The van der Waals surface area contributed by atoms with E-state index in [-0.39, 0.29) is 16.9 Å². The first kappa shape index (κ1) is 20.7. The maximum atomic E-state index is 12.8. The fourth-order valence-corrected chi connectivity index (χ4v) is 4.21. The molecule has 6 nitrogen and oxygen atoms in total. The van der Waals surface area contributed by atoms with Crippen molar-refractivity contribution in [1.82, 2.24) is 0 Å². The third-order valence-corrected chi connectivity index (χ3v) is 5.73. The summed E-state index contributed by atoms with van der Waals surface area (Å²) in [4.78, 5) is 26.3. The van der Waals surface area contributed by atoms with Crippen molar-refractivity contribution in [3.63, 3.8) is 0 Å². The van der Waals surface area contributed by atoms with Crippen molar-refractivity contribution in [2.75, 3.05) is 7.05 Å². The van der Waals surface area contributed by atoms with E-state index in [0.29, 0.717) is 35.2 Å². The molecular formula is C27H21NO5. The van der Waals surface area contributed by atoms with Crippen molar-refractivity contribution in [1.29, 1.82) is 0 Å². The molecule has 0 radical (unpaired) electrons. The first-order valence-electron chi connectivity index (χ1n) is 10.6. The number of fused-ring (bicyclic) bond motifs is 2. The summed E-state index contributed by atoms with van der Waals surface area (Å²) in [6, 6.07) is 23.2. The SMILES string of the molecule is C[NH+](Cc1ccccc1)Cc1c([O-])ccc2c(-c3cc4ccccc4oc3=O)cc(=O)oc12. The highest BCUT2D eigenvalue weighted by atomic mass is 16.4. The summed E-state index contributed by atoms with van der Waals surface area (Å²) < 4.78 is 11.0. The van der Waals surface area contributed by atoms with E-state index in [1.165, 1.54) is 12.1 Å². The Morgan fingerprint density at radius 2 is 1.58 bits per heavy atom. The Balaban J connectivity index is 1.64. The van der Waals surface area contributed by atoms with Crippen LogP contribution in [-0.4, -0.2) is 7.05 Å². The topological polar surface area (TPSA) is 87.9 Å². The van der Waals surface area contributed by atoms with E-state index in [0.717, 1.165) is 15.8 Å². The summed E-state index contributed by atoms with van der Waals surface area (Å²) in [6.07, 6.45) is 0. The molecule has 0 fully saturated rings. The van der Waals surface area contributed by atoms with Crippen LogP contribution in [0.15, 0.2) is 97.3 Å². The van der Waals surface area contributed by atoms with Crippen molar-refractivity contribution in [2.24, 2.45) is 0 Å². The molecule has 0 aliphatic rings. The van der Waals surface area contributed by atoms with Crippen LogP contribution in [0.4, 0.5) is 0 Å². The number of quaternary nitrogens is 1. The third kappa shape index (κ3) is 4.04. The number of para-hydroxylation sites is 1. The van der Waals surface area contributed by atoms with E-state index in [2.05, 4.69) is 0 Å². The van der Waals surface area contributed by atoms with Crippen molar-refractivity contribution in [3.05, 3.63) is 111 Å². The maximum absolute atomic E-state index is 12.8. The first-order valence-corrected chi connectivity index (χ1v) is 10.6. The van der Waals surface area contributed by atoms with Crippen molar-refractivity contribution in [3.8, 4) is 16.9 Å². The van der Waals surface area contributed by atoms with E-state index >= 15 is 0 Å². The molecule has 6 heteroatoms. The van der Waals surface area contributed by atoms with Gasteiger partial charge in [-0.2, -0.15) is 0 Å². The highest BCUT2D eigenvalue weighted by Crippen LogP contribution is 2.31. The second kappa shape index (κ2) is 8.41. The summed E-state index contributed by atoms with van der Waals surface area (Å²) in [5, 5.41) is 14.0.